The molecule has 0 aliphatic heterocycles. The largest absolute Gasteiger partial charge is 0.394 e. The first kappa shape index (κ1) is 56.9. The van der Waals surface area contributed by atoms with Crippen LogP contribution in [0.1, 0.15) is 109 Å². The van der Waals surface area contributed by atoms with E-state index in [2.05, 4.69) is 99.8 Å². The predicted molar refractivity (Wildman–Crippen MR) is 307 cm³/mol. The van der Waals surface area contributed by atoms with Gasteiger partial charge in [0.15, 0.2) is 50.9 Å². The summed E-state index contributed by atoms with van der Waals surface area (Å²) in [6.45, 7) is 17.4. The molecule has 0 saturated carbocycles. The molecule has 5 N–H and O–H groups in total. The van der Waals surface area contributed by atoms with Crippen LogP contribution in [0.15, 0.2) is 110 Å². The highest BCUT2D eigenvalue weighted by atomic mass is 19.1. The zero-order valence-electron chi connectivity index (χ0n) is 46.0. The summed E-state index contributed by atoms with van der Waals surface area (Å²) in [7, 11) is 3.84. The Morgan fingerprint density at radius 3 is 1.27 bits per heavy atom. The lowest BCUT2D eigenvalue weighted by Gasteiger charge is -2.26. The molecular formula is C57H76FN17O2. The lowest BCUT2D eigenvalue weighted by Crippen LogP contribution is -2.35. The predicted octanol–water partition coefficient (Wildman–Crippen LogP) is 10.2. The molecule has 2 atom stereocenters. The van der Waals surface area contributed by atoms with Crippen LogP contribution in [0.25, 0.3) is 33.5 Å². The minimum Gasteiger partial charge on any atom is -0.394 e. The number of nitrogens with one attached hydrogen (secondary N) is 3. The zero-order valence-corrected chi connectivity index (χ0v) is 46.0. The molecule has 1 unspecified atom stereocenters. The van der Waals surface area contributed by atoms with E-state index in [0.717, 1.165) is 66.5 Å². The molecular weight excluding hydrogens is 974 g/mol. The number of anilines is 5. The van der Waals surface area contributed by atoms with E-state index in [1.54, 1.807) is 6.33 Å². The lowest BCUT2D eigenvalue weighted by atomic mass is 10.2. The smallest absolute Gasteiger partial charge is 0.312 e. The molecule has 3 aromatic carbocycles. The van der Waals surface area contributed by atoms with E-state index in [4.69, 9.17) is 19.9 Å². The third-order valence-electron chi connectivity index (χ3n) is 13.4. The van der Waals surface area contributed by atoms with Gasteiger partial charge in [0.05, 0.1) is 44.3 Å². The molecule has 0 aliphatic carbocycles. The molecule has 0 aliphatic rings. The standard InChI is InChI=1S/2C20H28N6O.C17H20FN5/c2*1-5-16(12-27)25(4)20-23-18(21-11-15-9-7-6-8-10-15)17-19(24-20)26(13-22-17)14(2)3;1-2-3-7-10-23-12-20-14-15(21-17(18)22-16(14)23)19-11-13-8-5-4-6-9-13/h2*6-10,13-14,16,27H,5,11-12H2,1-4H3,(H,21,23,24);4-6,8-9,12H,2-3,7,10-11H2,1H3,(H,19,21,22)/t16-;;/m1../s1. The highest BCUT2D eigenvalue weighted by Gasteiger charge is 2.22. The van der Waals surface area contributed by atoms with Crippen LogP contribution in [0.4, 0.5) is 33.7 Å². The Morgan fingerprint density at radius 2 is 0.896 bits per heavy atom. The van der Waals surface area contributed by atoms with Gasteiger partial charge in [0.25, 0.3) is 0 Å². The number of halogens is 1. The lowest BCUT2D eigenvalue weighted by molar-refractivity contribution is 0.258. The maximum Gasteiger partial charge on any atom is 0.312 e. The van der Waals surface area contributed by atoms with Crippen LogP contribution in [-0.4, -0.2) is 108 Å². The molecule has 0 radical (unpaired) electrons. The van der Waals surface area contributed by atoms with Gasteiger partial charge >= 0.3 is 6.08 Å². The quantitative estimate of drug-likeness (QED) is 0.0298. The van der Waals surface area contributed by atoms with E-state index in [1.807, 2.05) is 131 Å². The van der Waals surface area contributed by atoms with Crippen molar-refractivity contribution in [2.45, 2.75) is 131 Å². The van der Waals surface area contributed by atoms with Gasteiger partial charge in [-0.25, -0.2) is 15.0 Å². The summed E-state index contributed by atoms with van der Waals surface area (Å²) in [6.07, 6.45) is 9.52. The van der Waals surface area contributed by atoms with Gasteiger partial charge in [-0.2, -0.15) is 34.3 Å². The van der Waals surface area contributed by atoms with Crippen LogP contribution in [0.3, 0.4) is 0 Å². The number of rotatable bonds is 23. The molecule has 77 heavy (non-hydrogen) atoms. The number of aliphatic hydroxyl groups excluding tert-OH is 2. The number of benzene rings is 3. The number of nitrogens with zero attached hydrogens (tertiary/aromatic N) is 14. The Kier molecular flexibility index (Phi) is 20.5. The molecule has 0 bridgehead atoms. The van der Waals surface area contributed by atoms with E-state index in [9.17, 15) is 14.6 Å². The van der Waals surface area contributed by atoms with Gasteiger partial charge < -0.3 is 49.7 Å². The molecule has 0 amide bonds. The van der Waals surface area contributed by atoms with Crippen molar-refractivity contribution in [1.82, 2.24) is 58.6 Å². The number of likely N-dealkylation sites (N-methyl/N-ethyl adjacent to an activating group) is 2. The fraction of sp³-hybridized carbons (Fsp3) is 0.421. The number of aryl methyl sites for hydroxylation is 1. The van der Waals surface area contributed by atoms with Crippen LogP contribution in [0, 0.1) is 6.08 Å². The minimum atomic E-state index is -0.731. The maximum atomic E-state index is 13.8. The second-order valence-corrected chi connectivity index (χ2v) is 19.5. The second kappa shape index (κ2) is 27.8. The van der Waals surface area contributed by atoms with Crippen molar-refractivity contribution in [2.24, 2.45) is 0 Å². The van der Waals surface area contributed by atoms with Crippen molar-refractivity contribution in [3.63, 3.8) is 0 Å². The normalized spacial score (nSPS) is 12.1. The van der Waals surface area contributed by atoms with E-state index in [1.165, 1.54) is 11.1 Å². The van der Waals surface area contributed by atoms with Gasteiger partial charge in [-0.15, -0.1) is 0 Å². The Labute approximate surface area is 451 Å². The van der Waals surface area contributed by atoms with Gasteiger partial charge in [-0.1, -0.05) is 125 Å². The summed E-state index contributed by atoms with van der Waals surface area (Å²) in [5.74, 6) is 3.02. The van der Waals surface area contributed by atoms with Crippen LogP contribution in [-0.2, 0) is 26.2 Å². The summed E-state index contributed by atoms with van der Waals surface area (Å²) in [6, 6.07) is 30.7. The third kappa shape index (κ3) is 14.6. The van der Waals surface area contributed by atoms with Crippen LogP contribution >= 0.6 is 0 Å². The number of hydrogen-bond donors (Lipinski definition) is 5. The first-order valence-corrected chi connectivity index (χ1v) is 26.8. The van der Waals surface area contributed by atoms with Crippen molar-refractivity contribution in [2.75, 3.05) is 53.1 Å². The Hall–Kier alpha value is -7.84. The zero-order chi connectivity index (χ0) is 54.8. The van der Waals surface area contributed by atoms with Gasteiger partial charge in [-0.3, -0.25) is 0 Å². The van der Waals surface area contributed by atoms with E-state index >= 15 is 0 Å². The Balaban J connectivity index is 0.000000168. The monoisotopic (exact) mass is 1050 g/mol. The average Bonchev–Trinajstić information content (AvgIpc) is 4.24. The Bertz CT molecular complexity index is 3050. The topological polar surface area (TPSA) is 214 Å². The highest BCUT2D eigenvalue weighted by molar-refractivity contribution is 5.86. The molecule has 0 saturated heterocycles. The minimum absolute atomic E-state index is 0.0279. The molecule has 9 aromatic rings. The van der Waals surface area contributed by atoms with Crippen LogP contribution in [0.2, 0.25) is 0 Å². The van der Waals surface area contributed by atoms with E-state index in [-0.39, 0.29) is 37.4 Å². The van der Waals surface area contributed by atoms with Crippen molar-refractivity contribution in [1.29, 1.82) is 0 Å². The first-order chi connectivity index (χ1) is 37.4. The van der Waals surface area contributed by atoms with Gasteiger partial charge in [-0.05, 0) is 63.6 Å². The van der Waals surface area contributed by atoms with Crippen molar-refractivity contribution in [3.05, 3.63) is 133 Å². The number of aromatic nitrogens is 12. The number of imidazole rings is 3. The summed E-state index contributed by atoms with van der Waals surface area (Å²) in [5.41, 5.74) is 7.71. The molecule has 6 heterocycles. The van der Waals surface area contributed by atoms with Crippen LogP contribution < -0.4 is 25.8 Å². The number of hydrogen-bond acceptors (Lipinski definition) is 16. The molecule has 9 rings (SSSR count). The fourth-order valence-electron chi connectivity index (χ4n) is 8.59. The van der Waals surface area contributed by atoms with Gasteiger partial charge in [0.1, 0.15) is 0 Å². The number of fused-ring (bicyclic) bond motifs is 3. The number of aliphatic hydroxyl groups is 2. The molecule has 0 fully saturated rings. The molecule has 0 spiro atoms. The third-order valence-corrected chi connectivity index (χ3v) is 13.4. The van der Waals surface area contributed by atoms with E-state index < -0.39 is 6.08 Å². The fourth-order valence-corrected chi connectivity index (χ4v) is 8.59. The summed E-state index contributed by atoms with van der Waals surface area (Å²) in [4.78, 5) is 44.0. The highest BCUT2D eigenvalue weighted by Crippen LogP contribution is 2.28. The molecule has 6 aromatic heterocycles. The summed E-state index contributed by atoms with van der Waals surface area (Å²) < 4.78 is 19.7. The average molecular weight is 1050 g/mol. The van der Waals surface area contributed by atoms with Crippen molar-refractivity contribution in [3.8, 4) is 0 Å². The summed E-state index contributed by atoms with van der Waals surface area (Å²) in [5, 5.41) is 29.3. The van der Waals surface area contributed by atoms with Crippen LogP contribution in [0.5, 0.6) is 0 Å². The second-order valence-electron chi connectivity index (χ2n) is 19.5. The molecule has 408 valence electrons. The summed E-state index contributed by atoms with van der Waals surface area (Å²) >= 11 is 0. The molecule has 20 heteroatoms. The van der Waals surface area contributed by atoms with Gasteiger partial charge in [0.2, 0.25) is 11.9 Å². The van der Waals surface area contributed by atoms with Gasteiger partial charge in [0, 0.05) is 52.4 Å². The first-order valence-electron chi connectivity index (χ1n) is 26.8. The molecule has 19 nitrogen and oxygen atoms in total. The SMILES string of the molecule is CCC(CO)N(C)c1nc(NCc2ccccc2)c2ncn(C(C)C)c2n1.CCCCCn1cnc2c(NCc3ccccc3)nc(F)nc21.CC[C@H](CO)N(C)c1nc(NCc2ccccc2)c2ncn(C(C)C)c2n1. The Morgan fingerprint density at radius 1 is 0.506 bits per heavy atom. The van der Waals surface area contributed by atoms with Crippen molar-refractivity contribution >= 4 is 62.8 Å². The number of unbranched alkanes of at least 4 members (excludes halogenated alkanes) is 2. The van der Waals surface area contributed by atoms with E-state index in [0.29, 0.717) is 60.1 Å². The maximum absolute atomic E-state index is 13.8. The van der Waals surface area contributed by atoms with Crippen molar-refractivity contribution < 1.29 is 14.6 Å².